The van der Waals surface area contributed by atoms with Gasteiger partial charge in [-0.2, -0.15) is 0 Å². The number of aromatic nitrogens is 3. The number of anilines is 1. The Morgan fingerprint density at radius 3 is 2.67 bits per heavy atom. The van der Waals surface area contributed by atoms with Crippen molar-refractivity contribution >= 4 is 28.4 Å². The third-order valence-corrected chi connectivity index (χ3v) is 3.72. The minimum atomic E-state index is 0.535. The number of pyridine rings is 1. The topological polar surface area (TPSA) is 64.7 Å². The van der Waals surface area contributed by atoms with E-state index in [1.165, 1.54) is 0 Å². The van der Waals surface area contributed by atoms with E-state index in [4.69, 9.17) is 5.73 Å². The van der Waals surface area contributed by atoms with E-state index in [-0.39, 0.29) is 0 Å². The van der Waals surface area contributed by atoms with Crippen molar-refractivity contribution in [3.8, 4) is 11.5 Å². The number of hydrogen-bond donors (Lipinski definition) is 1. The van der Waals surface area contributed by atoms with E-state index < -0.39 is 0 Å². The van der Waals surface area contributed by atoms with E-state index in [2.05, 4.69) is 44.5 Å². The monoisotopic (exact) mass is 354 g/mol. The predicted molar refractivity (Wildman–Crippen MR) is 81.1 cm³/mol. The van der Waals surface area contributed by atoms with Gasteiger partial charge in [0.15, 0.2) is 5.82 Å². The molecule has 2 aromatic heterocycles. The fourth-order valence-corrected chi connectivity index (χ4v) is 2.21. The van der Waals surface area contributed by atoms with Gasteiger partial charge in [0.2, 0.25) is 0 Å². The van der Waals surface area contributed by atoms with Crippen molar-refractivity contribution < 1.29 is 0 Å². The fourth-order valence-electron chi connectivity index (χ4n) is 1.70. The Morgan fingerprint density at radius 2 is 2.00 bits per heavy atom. The molecule has 0 amide bonds. The summed E-state index contributed by atoms with van der Waals surface area (Å²) >= 11 is 2.20. The maximum Gasteiger partial charge on any atom is 0.180 e. The molecule has 18 heavy (non-hydrogen) atoms. The predicted octanol–water partition coefficient (Wildman–Crippen LogP) is 2.99. The molecule has 2 rings (SSSR count). The van der Waals surface area contributed by atoms with Crippen molar-refractivity contribution in [3.63, 3.8) is 0 Å². The maximum absolute atomic E-state index is 5.94. The maximum atomic E-state index is 5.94. The summed E-state index contributed by atoms with van der Waals surface area (Å²) in [5.74, 6) is 1.15. The second kappa shape index (κ2) is 5.60. The van der Waals surface area contributed by atoms with Gasteiger partial charge in [-0.1, -0.05) is 19.4 Å². The molecule has 2 N–H and O–H groups in total. The van der Waals surface area contributed by atoms with Crippen LogP contribution in [-0.2, 0) is 6.42 Å². The van der Waals surface area contributed by atoms with Gasteiger partial charge in [0, 0.05) is 5.69 Å². The first-order chi connectivity index (χ1) is 8.61. The smallest absolute Gasteiger partial charge is 0.180 e. The van der Waals surface area contributed by atoms with Crippen molar-refractivity contribution in [1.29, 1.82) is 0 Å². The molecule has 94 valence electrons. The van der Waals surface area contributed by atoms with Crippen molar-refractivity contribution in [2.24, 2.45) is 0 Å². The minimum Gasteiger partial charge on any atom is -0.383 e. The largest absolute Gasteiger partial charge is 0.383 e. The van der Waals surface area contributed by atoms with Crippen molar-refractivity contribution in [2.45, 2.75) is 26.7 Å². The highest BCUT2D eigenvalue weighted by atomic mass is 127. The Balaban J connectivity index is 2.51. The third kappa shape index (κ3) is 2.77. The standard InChI is InChI=1S/C13H15IN4/c1-3-5-9-11(14)12(15)18-13(17-9)10-7-4-6-8(2)16-10/h4,6-7H,3,5H2,1-2H3,(H2,15,17,18). The second-order valence-corrected chi connectivity index (χ2v) is 5.19. The third-order valence-electron chi connectivity index (χ3n) is 2.55. The molecule has 0 radical (unpaired) electrons. The first-order valence-corrected chi connectivity index (χ1v) is 6.95. The lowest BCUT2D eigenvalue weighted by atomic mass is 10.2. The van der Waals surface area contributed by atoms with Crippen LogP contribution in [-0.4, -0.2) is 15.0 Å². The quantitative estimate of drug-likeness (QED) is 0.861. The number of halogens is 1. The highest BCUT2D eigenvalue weighted by molar-refractivity contribution is 14.1. The van der Waals surface area contributed by atoms with E-state index >= 15 is 0 Å². The van der Waals surface area contributed by atoms with Gasteiger partial charge in [-0.05, 0) is 48.1 Å². The Labute approximate surface area is 120 Å². The minimum absolute atomic E-state index is 0.535. The molecular formula is C13H15IN4. The summed E-state index contributed by atoms with van der Waals surface area (Å²) in [6.45, 7) is 4.07. The average molecular weight is 354 g/mol. The van der Waals surface area contributed by atoms with E-state index in [9.17, 15) is 0 Å². The SMILES string of the molecule is CCCc1nc(-c2cccc(C)n2)nc(N)c1I. The molecule has 2 heterocycles. The summed E-state index contributed by atoms with van der Waals surface area (Å²) in [7, 11) is 0. The van der Waals surface area contributed by atoms with Gasteiger partial charge in [-0.3, -0.25) is 0 Å². The van der Waals surface area contributed by atoms with Crippen LogP contribution in [0.15, 0.2) is 18.2 Å². The molecule has 0 unspecified atom stereocenters. The van der Waals surface area contributed by atoms with Crippen LogP contribution in [0, 0.1) is 10.5 Å². The first-order valence-electron chi connectivity index (χ1n) is 5.87. The van der Waals surface area contributed by atoms with Crippen LogP contribution in [0.1, 0.15) is 24.7 Å². The van der Waals surface area contributed by atoms with Crippen LogP contribution in [0.25, 0.3) is 11.5 Å². The fraction of sp³-hybridized carbons (Fsp3) is 0.308. The number of hydrogen-bond acceptors (Lipinski definition) is 4. The van der Waals surface area contributed by atoms with Crippen LogP contribution in [0.4, 0.5) is 5.82 Å². The molecule has 0 saturated heterocycles. The van der Waals surface area contributed by atoms with Crippen LogP contribution in [0.5, 0.6) is 0 Å². The van der Waals surface area contributed by atoms with Crippen molar-refractivity contribution in [1.82, 2.24) is 15.0 Å². The molecule has 2 aromatic rings. The molecule has 4 nitrogen and oxygen atoms in total. The van der Waals surface area contributed by atoms with Crippen LogP contribution >= 0.6 is 22.6 Å². The summed E-state index contributed by atoms with van der Waals surface area (Å²) in [6.07, 6.45) is 1.94. The van der Waals surface area contributed by atoms with E-state index in [0.717, 1.165) is 33.5 Å². The summed E-state index contributed by atoms with van der Waals surface area (Å²) in [4.78, 5) is 13.3. The molecule has 0 spiro atoms. The van der Waals surface area contributed by atoms with Gasteiger partial charge in [-0.15, -0.1) is 0 Å². The molecule has 0 aromatic carbocycles. The summed E-state index contributed by atoms with van der Waals surface area (Å²) in [6, 6.07) is 5.81. The summed E-state index contributed by atoms with van der Waals surface area (Å²) in [5, 5.41) is 0. The second-order valence-electron chi connectivity index (χ2n) is 4.11. The number of rotatable bonds is 3. The van der Waals surface area contributed by atoms with E-state index in [0.29, 0.717) is 11.6 Å². The number of nitrogen functional groups attached to an aromatic ring is 1. The molecule has 0 fully saturated rings. The highest BCUT2D eigenvalue weighted by Crippen LogP contribution is 2.22. The lowest BCUT2D eigenvalue weighted by Gasteiger charge is -2.08. The zero-order valence-corrected chi connectivity index (χ0v) is 12.6. The zero-order chi connectivity index (χ0) is 13.1. The van der Waals surface area contributed by atoms with Crippen molar-refractivity contribution in [3.05, 3.63) is 33.2 Å². The Hall–Kier alpha value is -1.24. The molecule has 0 bridgehead atoms. The van der Waals surface area contributed by atoms with Crippen LogP contribution < -0.4 is 5.73 Å². The number of nitrogens with two attached hydrogens (primary N) is 1. The highest BCUT2D eigenvalue weighted by Gasteiger charge is 2.11. The molecular weight excluding hydrogens is 339 g/mol. The molecule has 0 aliphatic carbocycles. The first kappa shape index (κ1) is 13.2. The number of aryl methyl sites for hydroxylation is 2. The zero-order valence-electron chi connectivity index (χ0n) is 10.4. The normalized spacial score (nSPS) is 10.6. The summed E-state index contributed by atoms with van der Waals surface area (Å²) < 4.78 is 0.950. The average Bonchev–Trinajstić information content (AvgIpc) is 2.35. The molecule has 0 saturated carbocycles. The molecule has 0 atom stereocenters. The molecule has 0 aliphatic rings. The Bertz CT molecular complexity index is 569. The Morgan fingerprint density at radius 1 is 1.22 bits per heavy atom. The van der Waals surface area contributed by atoms with Gasteiger partial charge in [0.1, 0.15) is 11.5 Å². The van der Waals surface area contributed by atoms with Crippen LogP contribution in [0.3, 0.4) is 0 Å². The Kier molecular flexibility index (Phi) is 4.11. The van der Waals surface area contributed by atoms with E-state index in [1.807, 2.05) is 25.1 Å². The lowest BCUT2D eigenvalue weighted by molar-refractivity contribution is 0.867. The van der Waals surface area contributed by atoms with Crippen LogP contribution in [0.2, 0.25) is 0 Å². The molecule has 0 aliphatic heterocycles. The number of nitrogens with zero attached hydrogens (tertiary/aromatic N) is 3. The van der Waals surface area contributed by atoms with E-state index in [1.54, 1.807) is 0 Å². The molecule has 5 heteroatoms. The van der Waals surface area contributed by atoms with Gasteiger partial charge in [-0.25, -0.2) is 15.0 Å². The van der Waals surface area contributed by atoms with Gasteiger partial charge in [0.05, 0.1) is 9.26 Å². The summed E-state index contributed by atoms with van der Waals surface area (Å²) in [5.41, 5.74) is 8.67. The van der Waals surface area contributed by atoms with Gasteiger partial charge >= 0.3 is 0 Å². The van der Waals surface area contributed by atoms with Crippen molar-refractivity contribution in [2.75, 3.05) is 5.73 Å². The lowest BCUT2D eigenvalue weighted by Crippen LogP contribution is -2.05. The van der Waals surface area contributed by atoms with Gasteiger partial charge in [0.25, 0.3) is 0 Å². The van der Waals surface area contributed by atoms with Gasteiger partial charge < -0.3 is 5.73 Å².